The molecule has 1 aliphatic heterocycles. The van der Waals surface area contributed by atoms with Gasteiger partial charge in [-0.05, 0) is 55.9 Å². The van der Waals surface area contributed by atoms with Crippen LogP contribution in [0, 0.1) is 17.8 Å². The van der Waals surface area contributed by atoms with Crippen LogP contribution in [0.15, 0.2) is 36.4 Å². The normalized spacial score (nSPS) is 25.7. The average molecular weight is 523 g/mol. The number of hydrogen-bond acceptors (Lipinski definition) is 5. The Labute approximate surface area is 225 Å². The van der Waals surface area contributed by atoms with Gasteiger partial charge in [0, 0.05) is 19.2 Å². The minimum absolute atomic E-state index is 0.110. The quantitative estimate of drug-likeness (QED) is 0.311. The Bertz CT molecular complexity index is 1200. The Morgan fingerprint density at radius 3 is 2.59 bits per heavy atom. The molecule has 0 spiro atoms. The van der Waals surface area contributed by atoms with Crippen molar-refractivity contribution in [2.45, 2.75) is 77.5 Å². The van der Waals surface area contributed by atoms with Crippen LogP contribution in [0.4, 0.5) is 5.95 Å². The Hall–Kier alpha value is -2.31. The van der Waals surface area contributed by atoms with Gasteiger partial charge >= 0.3 is 0 Å². The molecule has 37 heavy (non-hydrogen) atoms. The third kappa shape index (κ3) is 5.20. The maximum Gasteiger partial charge on any atom is 0.242 e. The van der Waals surface area contributed by atoms with Gasteiger partial charge < -0.3 is 18.9 Å². The molecule has 0 N–H and O–H groups in total. The van der Waals surface area contributed by atoms with Crippen LogP contribution < -0.4 is 9.64 Å². The number of benzene rings is 1. The molecule has 1 saturated heterocycles. The largest absolute Gasteiger partial charge is 0.473 e. The van der Waals surface area contributed by atoms with Crippen molar-refractivity contribution in [1.29, 1.82) is 0 Å². The summed E-state index contributed by atoms with van der Waals surface area (Å²) in [5.74, 6) is 3.65. The predicted octanol–water partition coefficient (Wildman–Crippen LogP) is 7.06. The van der Waals surface area contributed by atoms with E-state index in [1.54, 1.807) is 0 Å². The number of fused-ring (bicyclic) bond motifs is 1. The molecule has 6 nitrogen and oxygen atoms in total. The third-order valence-electron chi connectivity index (χ3n) is 8.90. The molecule has 1 unspecified atom stereocenters. The Balaban J connectivity index is 1.44. The van der Waals surface area contributed by atoms with Crippen LogP contribution in [0.3, 0.4) is 0 Å². The number of aromatic nitrogens is 3. The second-order valence-electron chi connectivity index (χ2n) is 11.5. The van der Waals surface area contributed by atoms with Crippen LogP contribution in [-0.4, -0.2) is 40.4 Å². The highest BCUT2D eigenvalue weighted by Gasteiger charge is 2.33. The van der Waals surface area contributed by atoms with E-state index in [0.717, 1.165) is 36.0 Å². The zero-order chi connectivity index (χ0) is 25.4. The second kappa shape index (κ2) is 10.8. The molecule has 0 bridgehead atoms. The predicted molar refractivity (Wildman–Crippen MR) is 148 cm³/mol. The molecule has 2 aliphatic carbocycles. The SMILES string of the molecule is CC(Oc1nc(Cl)cc2nc(N3CCOC[C@H]3c3ccccc3)n(C[C@H]3CC[C@H](C)CC3)c12)C1CCC1. The molecule has 3 fully saturated rings. The number of rotatable bonds is 7. The first-order valence-electron chi connectivity index (χ1n) is 14.2. The second-order valence-corrected chi connectivity index (χ2v) is 11.9. The minimum Gasteiger partial charge on any atom is -0.473 e. The fourth-order valence-electron chi connectivity index (χ4n) is 6.30. The molecule has 0 amide bonds. The molecule has 198 valence electrons. The van der Waals surface area contributed by atoms with E-state index in [-0.39, 0.29) is 12.1 Å². The highest BCUT2D eigenvalue weighted by Crippen LogP contribution is 2.39. The number of nitrogens with zero attached hydrogens (tertiary/aromatic N) is 4. The number of morpholine rings is 1. The molecular weight excluding hydrogens is 484 g/mol. The number of anilines is 1. The summed E-state index contributed by atoms with van der Waals surface area (Å²) in [6.07, 6.45) is 8.95. The first-order chi connectivity index (χ1) is 18.1. The fraction of sp³-hybridized carbons (Fsp3) is 0.600. The molecule has 3 heterocycles. The van der Waals surface area contributed by atoms with Gasteiger partial charge in [0.25, 0.3) is 0 Å². The van der Waals surface area contributed by atoms with Gasteiger partial charge in [0.15, 0.2) is 0 Å². The van der Waals surface area contributed by atoms with Gasteiger partial charge in [0.2, 0.25) is 11.8 Å². The summed E-state index contributed by atoms with van der Waals surface area (Å²) in [5.41, 5.74) is 3.11. The van der Waals surface area contributed by atoms with Gasteiger partial charge in [-0.2, -0.15) is 4.98 Å². The summed E-state index contributed by atoms with van der Waals surface area (Å²) < 4.78 is 14.9. The van der Waals surface area contributed by atoms with Crippen molar-refractivity contribution in [2.75, 3.05) is 24.7 Å². The Kier molecular flexibility index (Phi) is 7.31. The van der Waals surface area contributed by atoms with Crippen molar-refractivity contribution in [2.24, 2.45) is 17.8 Å². The molecule has 3 aliphatic rings. The highest BCUT2D eigenvalue weighted by molar-refractivity contribution is 6.30. The smallest absolute Gasteiger partial charge is 0.242 e. The van der Waals surface area contributed by atoms with E-state index in [9.17, 15) is 0 Å². The van der Waals surface area contributed by atoms with E-state index in [0.29, 0.717) is 36.1 Å². The van der Waals surface area contributed by atoms with Crippen LogP contribution >= 0.6 is 11.6 Å². The average Bonchev–Trinajstić information content (AvgIpc) is 3.22. The number of imidazole rings is 1. The number of pyridine rings is 1. The lowest BCUT2D eigenvalue weighted by Crippen LogP contribution is -2.41. The monoisotopic (exact) mass is 522 g/mol. The van der Waals surface area contributed by atoms with Crippen molar-refractivity contribution in [3.63, 3.8) is 0 Å². The lowest BCUT2D eigenvalue weighted by atomic mass is 9.82. The van der Waals surface area contributed by atoms with Crippen molar-refractivity contribution >= 4 is 28.6 Å². The fourth-order valence-corrected chi connectivity index (χ4v) is 6.48. The lowest BCUT2D eigenvalue weighted by molar-refractivity contribution is 0.0925. The number of hydrogen-bond donors (Lipinski definition) is 0. The summed E-state index contributed by atoms with van der Waals surface area (Å²) in [4.78, 5) is 12.4. The zero-order valence-corrected chi connectivity index (χ0v) is 22.9. The van der Waals surface area contributed by atoms with E-state index in [1.165, 1.54) is 50.5 Å². The highest BCUT2D eigenvalue weighted by atomic mass is 35.5. The van der Waals surface area contributed by atoms with Gasteiger partial charge in [-0.15, -0.1) is 0 Å². The summed E-state index contributed by atoms with van der Waals surface area (Å²) in [6, 6.07) is 12.7. The van der Waals surface area contributed by atoms with Crippen molar-refractivity contribution in [3.05, 3.63) is 47.1 Å². The number of halogens is 1. The molecule has 2 atom stereocenters. The maximum atomic E-state index is 6.57. The van der Waals surface area contributed by atoms with Crippen LogP contribution in [0.2, 0.25) is 5.15 Å². The van der Waals surface area contributed by atoms with E-state index in [2.05, 4.69) is 53.6 Å². The summed E-state index contributed by atoms with van der Waals surface area (Å²) in [5, 5.41) is 0.438. The maximum absolute atomic E-state index is 6.57. The lowest BCUT2D eigenvalue weighted by Gasteiger charge is -2.37. The zero-order valence-electron chi connectivity index (χ0n) is 22.1. The van der Waals surface area contributed by atoms with Gasteiger partial charge in [-0.1, -0.05) is 68.1 Å². The standard InChI is InChI=1S/C30H39ClN4O2/c1-20-11-13-22(14-12-20)18-35-28-25(17-27(31)33-29(28)37-21(2)23-9-6-10-23)32-30(35)34-15-16-36-19-26(34)24-7-4-3-5-8-24/h3-5,7-8,17,20-23,26H,6,9-16,18-19H2,1-2H3/t20-,21?,22-,26-/m0/s1. The third-order valence-corrected chi connectivity index (χ3v) is 9.09. The van der Waals surface area contributed by atoms with Gasteiger partial charge in [0.1, 0.15) is 16.8 Å². The van der Waals surface area contributed by atoms with E-state index in [4.69, 9.17) is 31.0 Å². The van der Waals surface area contributed by atoms with E-state index < -0.39 is 0 Å². The minimum atomic E-state index is 0.110. The Morgan fingerprint density at radius 1 is 1.08 bits per heavy atom. The molecule has 6 rings (SSSR count). The van der Waals surface area contributed by atoms with Crippen LogP contribution in [-0.2, 0) is 11.3 Å². The molecule has 3 aromatic rings. The van der Waals surface area contributed by atoms with E-state index in [1.807, 2.05) is 6.07 Å². The molecule has 2 saturated carbocycles. The molecular formula is C30H39ClN4O2. The molecule has 1 aromatic carbocycles. The summed E-state index contributed by atoms with van der Waals surface area (Å²) >= 11 is 6.54. The number of ether oxygens (including phenoxy) is 2. The molecule has 2 aromatic heterocycles. The van der Waals surface area contributed by atoms with Crippen molar-refractivity contribution in [1.82, 2.24) is 14.5 Å². The first kappa shape index (κ1) is 25.0. The van der Waals surface area contributed by atoms with Crippen molar-refractivity contribution in [3.8, 4) is 5.88 Å². The van der Waals surface area contributed by atoms with Crippen molar-refractivity contribution < 1.29 is 9.47 Å². The molecule has 7 heteroatoms. The summed E-state index contributed by atoms with van der Waals surface area (Å²) in [6.45, 7) is 7.61. The topological polar surface area (TPSA) is 52.4 Å². The van der Waals surface area contributed by atoms with Gasteiger partial charge in [-0.3, -0.25) is 0 Å². The van der Waals surface area contributed by atoms with E-state index >= 15 is 0 Å². The van der Waals surface area contributed by atoms with Gasteiger partial charge in [-0.25, -0.2) is 4.98 Å². The van der Waals surface area contributed by atoms with Crippen LogP contribution in [0.25, 0.3) is 11.0 Å². The van der Waals surface area contributed by atoms with Crippen LogP contribution in [0.1, 0.15) is 70.4 Å². The first-order valence-corrected chi connectivity index (χ1v) is 14.6. The summed E-state index contributed by atoms with van der Waals surface area (Å²) in [7, 11) is 0. The van der Waals surface area contributed by atoms with Crippen LogP contribution in [0.5, 0.6) is 5.88 Å². The Morgan fingerprint density at radius 2 is 1.86 bits per heavy atom. The molecule has 0 radical (unpaired) electrons. The van der Waals surface area contributed by atoms with Gasteiger partial charge in [0.05, 0.1) is 24.8 Å².